The summed E-state index contributed by atoms with van der Waals surface area (Å²) >= 11 is 0. The van der Waals surface area contributed by atoms with E-state index in [1.807, 2.05) is 37.3 Å². The maximum Gasteiger partial charge on any atom is 0.257 e. The summed E-state index contributed by atoms with van der Waals surface area (Å²) in [5.41, 5.74) is 2.22. The van der Waals surface area contributed by atoms with Crippen molar-refractivity contribution < 1.29 is 9.53 Å². The molecule has 3 rings (SSSR count). The van der Waals surface area contributed by atoms with Crippen LogP contribution in [-0.2, 0) is 0 Å². The Balaban J connectivity index is 1.67. The molecule has 1 aliphatic rings. The molecule has 29 heavy (non-hydrogen) atoms. The van der Waals surface area contributed by atoms with E-state index in [1.165, 1.54) is 0 Å². The number of pyridine rings is 1. The predicted molar refractivity (Wildman–Crippen MR) is 113 cm³/mol. The smallest absolute Gasteiger partial charge is 0.257 e. The second kappa shape index (κ2) is 10.0. The molecule has 1 atom stereocenters. The van der Waals surface area contributed by atoms with Gasteiger partial charge in [0, 0.05) is 23.8 Å². The number of anilines is 1. The minimum atomic E-state index is -0.141. The maximum absolute atomic E-state index is 12.9. The molecule has 6 heteroatoms. The van der Waals surface area contributed by atoms with Gasteiger partial charge in [-0.3, -0.25) is 14.7 Å². The van der Waals surface area contributed by atoms with Gasteiger partial charge in [-0.15, -0.1) is 0 Å². The van der Waals surface area contributed by atoms with Crippen LogP contribution in [0.5, 0.6) is 5.75 Å². The first-order valence-corrected chi connectivity index (χ1v) is 10.2. The van der Waals surface area contributed by atoms with E-state index in [4.69, 9.17) is 10.00 Å². The second-order valence-electron chi connectivity index (χ2n) is 7.37. The molecule has 152 valence electrons. The van der Waals surface area contributed by atoms with Gasteiger partial charge in [0.25, 0.3) is 5.91 Å². The molecule has 1 aromatic heterocycles. The van der Waals surface area contributed by atoms with E-state index in [-0.39, 0.29) is 17.9 Å². The van der Waals surface area contributed by atoms with Crippen molar-refractivity contribution >= 4 is 11.6 Å². The molecule has 0 spiro atoms. The zero-order valence-electron chi connectivity index (χ0n) is 17.1. The molecule has 1 aromatic carbocycles. The lowest BCUT2D eigenvalue weighted by Gasteiger charge is -2.35. The number of carbonyl (C=O) groups is 1. The summed E-state index contributed by atoms with van der Waals surface area (Å²) in [4.78, 5) is 19.8. The Bertz CT molecular complexity index is 852. The average Bonchev–Trinajstić information content (AvgIpc) is 2.75. The summed E-state index contributed by atoms with van der Waals surface area (Å²) < 4.78 is 5.45. The highest BCUT2D eigenvalue weighted by Crippen LogP contribution is 2.30. The number of piperidine rings is 1. The number of ether oxygens (including phenoxy) is 1. The van der Waals surface area contributed by atoms with Gasteiger partial charge >= 0.3 is 0 Å². The fourth-order valence-electron chi connectivity index (χ4n) is 3.81. The van der Waals surface area contributed by atoms with E-state index < -0.39 is 0 Å². The normalized spacial score (nSPS) is 16.0. The third-order valence-electron chi connectivity index (χ3n) is 5.43. The molecule has 1 aliphatic heterocycles. The topological polar surface area (TPSA) is 78.2 Å². The Morgan fingerprint density at radius 1 is 1.31 bits per heavy atom. The van der Waals surface area contributed by atoms with Crippen LogP contribution in [0.2, 0.25) is 0 Å². The molecule has 1 saturated heterocycles. The van der Waals surface area contributed by atoms with E-state index >= 15 is 0 Å². The quantitative estimate of drug-likeness (QED) is 0.763. The SMILES string of the molecule is CCOc1ccc(NC(=O)c2cccnc2C2CCN([C@H](C)CC#N)CC2)cc1. The number of hydrogen-bond acceptors (Lipinski definition) is 5. The highest BCUT2D eigenvalue weighted by molar-refractivity contribution is 6.05. The molecular weight excluding hydrogens is 364 g/mol. The minimum absolute atomic E-state index is 0.141. The number of amides is 1. The number of hydrogen-bond donors (Lipinski definition) is 1. The summed E-state index contributed by atoms with van der Waals surface area (Å²) in [6.07, 6.45) is 4.18. The van der Waals surface area contributed by atoms with Crippen LogP contribution < -0.4 is 10.1 Å². The van der Waals surface area contributed by atoms with Gasteiger partial charge in [-0.2, -0.15) is 5.26 Å². The number of aromatic nitrogens is 1. The Kier molecular flexibility index (Phi) is 7.20. The van der Waals surface area contributed by atoms with Crippen molar-refractivity contribution in [3.63, 3.8) is 0 Å². The Labute approximate surface area is 172 Å². The van der Waals surface area contributed by atoms with Crippen molar-refractivity contribution in [2.24, 2.45) is 0 Å². The maximum atomic E-state index is 12.9. The number of nitriles is 1. The summed E-state index contributed by atoms with van der Waals surface area (Å²) in [5, 5.41) is 11.9. The summed E-state index contributed by atoms with van der Waals surface area (Å²) in [5.74, 6) is 0.894. The molecule has 0 unspecified atom stereocenters. The number of nitrogens with zero attached hydrogens (tertiary/aromatic N) is 3. The predicted octanol–water partition coefficient (Wildman–Crippen LogP) is 4.21. The fourth-order valence-corrected chi connectivity index (χ4v) is 3.81. The summed E-state index contributed by atoms with van der Waals surface area (Å²) in [6.45, 7) is 6.49. The lowest BCUT2D eigenvalue weighted by Crippen LogP contribution is -2.39. The Hall–Kier alpha value is -2.91. The van der Waals surface area contributed by atoms with Gasteiger partial charge < -0.3 is 10.1 Å². The number of carbonyl (C=O) groups excluding carboxylic acids is 1. The molecule has 2 heterocycles. The van der Waals surface area contributed by atoms with E-state index in [2.05, 4.69) is 28.2 Å². The van der Waals surface area contributed by atoms with Crippen molar-refractivity contribution in [1.82, 2.24) is 9.88 Å². The summed E-state index contributed by atoms with van der Waals surface area (Å²) in [7, 11) is 0. The van der Waals surface area contributed by atoms with Gasteiger partial charge in [0.15, 0.2) is 0 Å². The molecule has 0 radical (unpaired) electrons. The molecule has 0 saturated carbocycles. The van der Waals surface area contributed by atoms with Crippen molar-refractivity contribution in [3.8, 4) is 11.8 Å². The zero-order chi connectivity index (χ0) is 20.6. The Morgan fingerprint density at radius 2 is 2.03 bits per heavy atom. The number of benzene rings is 1. The van der Waals surface area contributed by atoms with Crippen LogP contribution in [0.25, 0.3) is 0 Å². The fraction of sp³-hybridized carbons (Fsp3) is 0.435. The van der Waals surface area contributed by atoms with E-state index in [0.717, 1.165) is 43.1 Å². The van der Waals surface area contributed by atoms with Crippen molar-refractivity contribution in [3.05, 3.63) is 53.9 Å². The molecule has 0 bridgehead atoms. The lowest BCUT2D eigenvalue weighted by atomic mass is 9.89. The molecule has 2 aromatic rings. The lowest BCUT2D eigenvalue weighted by molar-refractivity contribution is 0.102. The standard InChI is InChI=1S/C23H28N4O2/c1-3-29-20-8-6-19(7-9-20)26-23(28)21-5-4-14-25-22(21)18-11-15-27(16-12-18)17(2)10-13-24/h4-9,14,17-18H,3,10-12,15-16H2,1-2H3,(H,26,28)/t17-/m1/s1. The van der Waals surface area contributed by atoms with Crippen LogP contribution in [0.3, 0.4) is 0 Å². The van der Waals surface area contributed by atoms with Crippen LogP contribution in [0.1, 0.15) is 55.1 Å². The van der Waals surface area contributed by atoms with E-state index in [0.29, 0.717) is 18.6 Å². The highest BCUT2D eigenvalue weighted by Gasteiger charge is 2.27. The summed E-state index contributed by atoms with van der Waals surface area (Å²) in [6, 6.07) is 13.6. The third-order valence-corrected chi connectivity index (χ3v) is 5.43. The largest absolute Gasteiger partial charge is 0.494 e. The molecular formula is C23H28N4O2. The minimum Gasteiger partial charge on any atom is -0.494 e. The van der Waals surface area contributed by atoms with Crippen LogP contribution in [0.15, 0.2) is 42.6 Å². The van der Waals surface area contributed by atoms with Gasteiger partial charge in [0.2, 0.25) is 0 Å². The Morgan fingerprint density at radius 3 is 2.69 bits per heavy atom. The molecule has 1 fully saturated rings. The van der Waals surface area contributed by atoms with Gasteiger partial charge in [-0.1, -0.05) is 0 Å². The van der Waals surface area contributed by atoms with E-state index in [1.54, 1.807) is 12.3 Å². The first-order valence-electron chi connectivity index (χ1n) is 10.2. The first-order chi connectivity index (χ1) is 14.1. The monoisotopic (exact) mass is 392 g/mol. The van der Waals surface area contributed by atoms with Crippen molar-refractivity contribution in [2.75, 3.05) is 25.0 Å². The van der Waals surface area contributed by atoms with Crippen molar-refractivity contribution in [2.45, 2.75) is 45.1 Å². The average molecular weight is 393 g/mol. The highest BCUT2D eigenvalue weighted by atomic mass is 16.5. The number of rotatable bonds is 7. The number of nitrogens with one attached hydrogen (secondary N) is 1. The molecule has 0 aliphatic carbocycles. The van der Waals surface area contributed by atoms with Gasteiger partial charge in [0.1, 0.15) is 5.75 Å². The van der Waals surface area contributed by atoms with Crippen LogP contribution >= 0.6 is 0 Å². The van der Waals surface area contributed by atoms with Crippen LogP contribution in [0.4, 0.5) is 5.69 Å². The van der Waals surface area contributed by atoms with Gasteiger partial charge in [-0.25, -0.2) is 0 Å². The van der Waals surface area contributed by atoms with Gasteiger partial charge in [0.05, 0.1) is 30.4 Å². The first kappa shape index (κ1) is 20.8. The zero-order valence-corrected chi connectivity index (χ0v) is 17.1. The van der Waals surface area contributed by atoms with Crippen molar-refractivity contribution in [1.29, 1.82) is 5.26 Å². The second-order valence-corrected chi connectivity index (χ2v) is 7.37. The number of likely N-dealkylation sites (tertiary alicyclic amines) is 1. The van der Waals surface area contributed by atoms with Gasteiger partial charge in [-0.05, 0) is 76.2 Å². The van der Waals surface area contributed by atoms with E-state index in [9.17, 15) is 4.79 Å². The third kappa shape index (κ3) is 5.33. The molecule has 6 nitrogen and oxygen atoms in total. The molecule has 1 amide bonds. The molecule has 1 N–H and O–H groups in total. The van der Waals surface area contributed by atoms with Crippen LogP contribution in [0, 0.1) is 11.3 Å². The van der Waals surface area contributed by atoms with Crippen LogP contribution in [-0.4, -0.2) is 41.5 Å².